The minimum Gasteiger partial charge on any atom is -0.363 e. The van der Waals surface area contributed by atoms with Crippen molar-refractivity contribution < 1.29 is 9.53 Å². The first-order valence-electron chi connectivity index (χ1n) is 10.3. The molecule has 0 saturated carbocycles. The first-order valence-corrected chi connectivity index (χ1v) is 10.3. The van der Waals surface area contributed by atoms with Crippen LogP contribution < -0.4 is 5.32 Å². The summed E-state index contributed by atoms with van der Waals surface area (Å²) >= 11 is 0. The molecular weight excluding hydrogens is 360 g/mol. The summed E-state index contributed by atoms with van der Waals surface area (Å²) in [6.07, 6.45) is 0.892. The van der Waals surface area contributed by atoms with Crippen molar-refractivity contribution >= 4 is 16.7 Å². The molecule has 4 nitrogen and oxygen atoms in total. The molecule has 0 bridgehead atoms. The Bertz CT molecular complexity index is 953. The molecule has 4 rings (SSSR count). The first kappa shape index (κ1) is 19.6. The van der Waals surface area contributed by atoms with Crippen molar-refractivity contribution in [2.75, 3.05) is 33.3 Å². The molecule has 1 fully saturated rings. The molecule has 1 aliphatic rings. The van der Waals surface area contributed by atoms with E-state index in [9.17, 15) is 4.79 Å². The van der Waals surface area contributed by atoms with E-state index in [0.717, 1.165) is 31.6 Å². The fraction of sp³-hybridized carbons (Fsp3) is 0.320. The number of carbonyl (C=O) groups excluding carboxylic acids is 1. The fourth-order valence-electron chi connectivity index (χ4n) is 3.96. The highest BCUT2D eigenvalue weighted by Gasteiger charge is 2.28. The van der Waals surface area contributed by atoms with E-state index in [4.69, 9.17) is 4.74 Å². The Balaban J connectivity index is 1.64. The van der Waals surface area contributed by atoms with Gasteiger partial charge < -0.3 is 15.0 Å². The lowest BCUT2D eigenvalue weighted by atomic mass is 9.87. The Hall–Kier alpha value is -2.69. The number of ether oxygens (including phenoxy) is 1. The van der Waals surface area contributed by atoms with Gasteiger partial charge in [0.2, 0.25) is 5.91 Å². The minimum atomic E-state index is -0.199. The first-order chi connectivity index (χ1) is 14.3. The highest BCUT2D eigenvalue weighted by molar-refractivity contribution is 5.83. The van der Waals surface area contributed by atoms with Gasteiger partial charge in [-0.1, -0.05) is 72.8 Å². The largest absolute Gasteiger partial charge is 0.363 e. The summed E-state index contributed by atoms with van der Waals surface area (Å²) in [7, 11) is 1.96. The summed E-state index contributed by atoms with van der Waals surface area (Å²) in [4.78, 5) is 14.3. The summed E-state index contributed by atoms with van der Waals surface area (Å²) in [6.45, 7) is 2.58. The van der Waals surface area contributed by atoms with Crippen LogP contribution in [0.25, 0.3) is 10.8 Å². The topological polar surface area (TPSA) is 41.6 Å². The Labute approximate surface area is 172 Å². The van der Waals surface area contributed by atoms with Crippen molar-refractivity contribution in [1.29, 1.82) is 0 Å². The lowest BCUT2D eigenvalue weighted by Crippen LogP contribution is -2.44. The van der Waals surface area contributed by atoms with Gasteiger partial charge in [0.05, 0.1) is 6.10 Å². The maximum Gasteiger partial charge on any atom is 0.248 e. The van der Waals surface area contributed by atoms with Gasteiger partial charge in [-0.2, -0.15) is 0 Å². The zero-order valence-electron chi connectivity index (χ0n) is 16.9. The van der Waals surface area contributed by atoms with Crippen LogP contribution in [-0.2, 0) is 9.53 Å². The van der Waals surface area contributed by atoms with Gasteiger partial charge in [0.25, 0.3) is 0 Å². The van der Waals surface area contributed by atoms with Crippen LogP contribution in [0, 0.1) is 0 Å². The zero-order chi connectivity index (χ0) is 20.1. The summed E-state index contributed by atoms with van der Waals surface area (Å²) in [5, 5.41) is 5.77. The number of nitrogens with zero attached hydrogens (tertiary/aromatic N) is 1. The van der Waals surface area contributed by atoms with Gasteiger partial charge in [-0.15, -0.1) is 0 Å². The van der Waals surface area contributed by atoms with Gasteiger partial charge in [-0.3, -0.25) is 4.79 Å². The van der Waals surface area contributed by atoms with E-state index in [2.05, 4.69) is 59.9 Å². The summed E-state index contributed by atoms with van der Waals surface area (Å²) in [5.41, 5.74) is 2.31. The zero-order valence-corrected chi connectivity index (χ0v) is 16.9. The van der Waals surface area contributed by atoms with Gasteiger partial charge >= 0.3 is 0 Å². The van der Waals surface area contributed by atoms with Gasteiger partial charge in [-0.25, -0.2) is 0 Å². The lowest BCUT2D eigenvalue weighted by Gasteiger charge is -2.33. The molecule has 0 aromatic heterocycles. The number of fused-ring (bicyclic) bond motifs is 1. The highest BCUT2D eigenvalue weighted by Crippen LogP contribution is 2.35. The van der Waals surface area contributed by atoms with Crippen molar-refractivity contribution in [3.8, 4) is 0 Å². The molecular formula is C25H28N2O2. The number of likely N-dealkylation sites (N-methyl/N-ethyl adjacent to an activating group) is 1. The predicted octanol–water partition coefficient (Wildman–Crippen LogP) is 4.13. The molecule has 150 valence electrons. The third-order valence-corrected chi connectivity index (χ3v) is 5.71. The number of hydrogen-bond acceptors (Lipinski definition) is 3. The maximum absolute atomic E-state index is 12.4. The standard InChI is InChI=1S/C25H28N2O2/c1-26-17-23(22-13-12-19-8-5-6-11-21(19)16-22)25(20-9-3-2-4-10-20)29-18-24(28)27-14-7-15-27/h2-6,8-13,16,23,25-26H,7,14-15,17-18H2,1H3/t23-,25-/m1/s1. The summed E-state index contributed by atoms with van der Waals surface area (Å²) < 4.78 is 6.30. The van der Waals surface area contributed by atoms with Gasteiger partial charge in [0.15, 0.2) is 0 Å². The second kappa shape index (κ2) is 9.21. The van der Waals surface area contributed by atoms with Crippen molar-refractivity contribution in [2.24, 2.45) is 0 Å². The normalized spacial score (nSPS) is 15.7. The maximum atomic E-state index is 12.4. The monoisotopic (exact) mass is 388 g/mol. The number of likely N-dealkylation sites (tertiary alicyclic amines) is 1. The van der Waals surface area contributed by atoms with E-state index in [1.54, 1.807) is 0 Å². The third-order valence-electron chi connectivity index (χ3n) is 5.71. The van der Waals surface area contributed by atoms with E-state index in [0.29, 0.717) is 0 Å². The van der Waals surface area contributed by atoms with E-state index in [1.165, 1.54) is 16.3 Å². The van der Waals surface area contributed by atoms with Crippen molar-refractivity contribution in [2.45, 2.75) is 18.4 Å². The molecule has 1 N–H and O–H groups in total. The van der Waals surface area contributed by atoms with Gasteiger partial charge in [0, 0.05) is 25.6 Å². The molecule has 1 amide bonds. The van der Waals surface area contributed by atoms with Crippen LogP contribution in [0.2, 0.25) is 0 Å². The SMILES string of the molecule is CNC[C@H](c1ccc2ccccc2c1)[C@H](OCC(=O)N1CCC1)c1ccccc1. The van der Waals surface area contributed by atoms with Crippen molar-refractivity contribution in [3.05, 3.63) is 83.9 Å². The molecule has 3 aromatic carbocycles. The molecule has 4 heteroatoms. The average molecular weight is 389 g/mol. The highest BCUT2D eigenvalue weighted by atomic mass is 16.5. The van der Waals surface area contributed by atoms with Crippen LogP contribution in [0.15, 0.2) is 72.8 Å². The smallest absolute Gasteiger partial charge is 0.248 e. The average Bonchev–Trinajstić information content (AvgIpc) is 2.72. The number of carbonyl (C=O) groups is 1. The van der Waals surface area contributed by atoms with Crippen LogP contribution in [0.5, 0.6) is 0 Å². The number of benzene rings is 3. The van der Waals surface area contributed by atoms with Crippen molar-refractivity contribution in [1.82, 2.24) is 10.2 Å². The molecule has 1 heterocycles. The second-order valence-electron chi connectivity index (χ2n) is 7.65. The van der Waals surface area contributed by atoms with Crippen LogP contribution in [0.3, 0.4) is 0 Å². The molecule has 3 aromatic rings. The van der Waals surface area contributed by atoms with Crippen LogP contribution in [-0.4, -0.2) is 44.1 Å². The number of rotatable bonds is 8. The molecule has 0 spiro atoms. The number of nitrogens with one attached hydrogen (secondary N) is 1. The van der Waals surface area contributed by atoms with Crippen LogP contribution in [0.4, 0.5) is 0 Å². The molecule has 0 radical (unpaired) electrons. The summed E-state index contributed by atoms with van der Waals surface area (Å²) in [6, 6.07) is 25.2. The quantitative estimate of drug-likeness (QED) is 0.631. The molecule has 0 aliphatic carbocycles. The molecule has 1 saturated heterocycles. The fourth-order valence-corrected chi connectivity index (χ4v) is 3.96. The molecule has 0 unspecified atom stereocenters. The molecule has 1 aliphatic heterocycles. The number of hydrogen-bond donors (Lipinski definition) is 1. The summed E-state index contributed by atoms with van der Waals surface area (Å²) in [5.74, 6) is 0.176. The Morgan fingerprint density at radius 1 is 0.966 bits per heavy atom. The lowest BCUT2D eigenvalue weighted by molar-refractivity contribution is -0.142. The van der Waals surface area contributed by atoms with E-state index >= 15 is 0 Å². The van der Waals surface area contributed by atoms with Gasteiger partial charge in [0.1, 0.15) is 6.61 Å². The Morgan fingerprint density at radius 2 is 1.69 bits per heavy atom. The minimum absolute atomic E-state index is 0.0823. The van der Waals surface area contributed by atoms with Gasteiger partial charge in [-0.05, 0) is 35.4 Å². The van der Waals surface area contributed by atoms with E-state index in [1.807, 2.05) is 30.1 Å². The third kappa shape index (κ3) is 4.50. The molecule has 29 heavy (non-hydrogen) atoms. The second-order valence-corrected chi connectivity index (χ2v) is 7.65. The Kier molecular flexibility index (Phi) is 6.23. The van der Waals surface area contributed by atoms with Crippen LogP contribution in [0.1, 0.15) is 29.6 Å². The Morgan fingerprint density at radius 3 is 2.38 bits per heavy atom. The van der Waals surface area contributed by atoms with Crippen molar-refractivity contribution in [3.63, 3.8) is 0 Å². The number of amides is 1. The van der Waals surface area contributed by atoms with E-state index in [-0.39, 0.29) is 24.5 Å². The van der Waals surface area contributed by atoms with E-state index < -0.39 is 0 Å². The molecule has 2 atom stereocenters. The predicted molar refractivity (Wildman–Crippen MR) is 117 cm³/mol. The van der Waals surface area contributed by atoms with Crippen LogP contribution >= 0.6 is 0 Å².